The zero-order valence-electron chi connectivity index (χ0n) is 11.7. The standard InChI is InChI=1S/C16H16FN3O/c1-2-20-16-6-4-3-5-12(16)15(19-20)10-21-11-7-8-14(18)13(17)9-11/h3-9H,2,10,18H2,1H3. The molecule has 3 aromatic rings. The maximum Gasteiger partial charge on any atom is 0.149 e. The molecule has 21 heavy (non-hydrogen) atoms. The Kier molecular flexibility index (Phi) is 3.48. The van der Waals surface area contributed by atoms with Crippen LogP contribution in [0.4, 0.5) is 10.1 Å². The van der Waals surface area contributed by atoms with Crippen molar-refractivity contribution in [1.29, 1.82) is 0 Å². The van der Waals surface area contributed by atoms with Gasteiger partial charge in [0.25, 0.3) is 0 Å². The zero-order chi connectivity index (χ0) is 14.8. The molecule has 0 fully saturated rings. The van der Waals surface area contributed by atoms with Gasteiger partial charge in [-0.15, -0.1) is 0 Å². The molecule has 3 rings (SSSR count). The van der Waals surface area contributed by atoms with E-state index in [1.165, 1.54) is 12.1 Å². The highest BCUT2D eigenvalue weighted by Crippen LogP contribution is 2.22. The van der Waals surface area contributed by atoms with E-state index in [-0.39, 0.29) is 12.3 Å². The first-order valence-corrected chi connectivity index (χ1v) is 6.81. The maximum atomic E-state index is 13.4. The van der Waals surface area contributed by atoms with E-state index in [2.05, 4.69) is 5.10 Å². The average Bonchev–Trinajstić information content (AvgIpc) is 2.87. The van der Waals surface area contributed by atoms with E-state index in [4.69, 9.17) is 10.5 Å². The summed E-state index contributed by atoms with van der Waals surface area (Å²) in [6.07, 6.45) is 0. The fourth-order valence-electron chi connectivity index (χ4n) is 2.29. The molecule has 0 unspecified atom stereocenters. The molecule has 2 N–H and O–H groups in total. The Bertz CT molecular complexity index is 782. The fourth-order valence-corrected chi connectivity index (χ4v) is 2.29. The van der Waals surface area contributed by atoms with Crippen molar-refractivity contribution in [2.24, 2.45) is 0 Å². The Balaban J connectivity index is 1.86. The molecule has 0 spiro atoms. The number of para-hydroxylation sites is 1. The highest BCUT2D eigenvalue weighted by molar-refractivity contribution is 5.81. The normalized spacial score (nSPS) is 11.0. The third kappa shape index (κ3) is 2.54. The molecule has 0 saturated carbocycles. The lowest BCUT2D eigenvalue weighted by atomic mass is 10.2. The predicted octanol–water partition coefficient (Wildman–Crippen LogP) is 3.36. The number of ether oxygens (including phenoxy) is 1. The second kappa shape index (κ2) is 5.44. The third-order valence-electron chi connectivity index (χ3n) is 3.38. The lowest BCUT2D eigenvalue weighted by Crippen LogP contribution is -2.01. The lowest BCUT2D eigenvalue weighted by molar-refractivity contribution is 0.299. The van der Waals surface area contributed by atoms with Gasteiger partial charge < -0.3 is 10.5 Å². The highest BCUT2D eigenvalue weighted by Gasteiger charge is 2.10. The minimum absolute atomic E-state index is 0.114. The van der Waals surface area contributed by atoms with Crippen LogP contribution in [0.3, 0.4) is 0 Å². The molecule has 0 radical (unpaired) electrons. The summed E-state index contributed by atoms with van der Waals surface area (Å²) < 4.78 is 20.9. The van der Waals surface area contributed by atoms with Gasteiger partial charge >= 0.3 is 0 Å². The molecule has 4 nitrogen and oxygen atoms in total. The monoisotopic (exact) mass is 285 g/mol. The summed E-state index contributed by atoms with van der Waals surface area (Å²) >= 11 is 0. The molecular weight excluding hydrogens is 269 g/mol. The Labute approximate surface area is 121 Å². The van der Waals surface area contributed by atoms with E-state index < -0.39 is 5.82 Å². The van der Waals surface area contributed by atoms with Crippen LogP contribution in [0.2, 0.25) is 0 Å². The summed E-state index contributed by atoms with van der Waals surface area (Å²) in [4.78, 5) is 0. The summed E-state index contributed by atoms with van der Waals surface area (Å²) in [5, 5.41) is 5.59. The van der Waals surface area contributed by atoms with Gasteiger partial charge in [-0.2, -0.15) is 5.10 Å². The van der Waals surface area contributed by atoms with E-state index in [1.807, 2.05) is 35.9 Å². The van der Waals surface area contributed by atoms with Crippen LogP contribution in [-0.2, 0) is 13.2 Å². The van der Waals surface area contributed by atoms with Crippen LogP contribution >= 0.6 is 0 Å². The minimum atomic E-state index is -0.476. The van der Waals surface area contributed by atoms with Crippen molar-refractivity contribution in [1.82, 2.24) is 9.78 Å². The number of hydrogen-bond acceptors (Lipinski definition) is 3. The minimum Gasteiger partial charge on any atom is -0.487 e. The number of rotatable bonds is 4. The second-order valence-corrected chi connectivity index (χ2v) is 4.75. The largest absolute Gasteiger partial charge is 0.487 e. The van der Waals surface area contributed by atoms with Gasteiger partial charge in [-0.05, 0) is 25.1 Å². The molecule has 0 bridgehead atoms. The molecule has 2 aromatic carbocycles. The summed E-state index contributed by atoms with van der Waals surface area (Å²) in [6.45, 7) is 3.12. The molecule has 0 aliphatic carbocycles. The Morgan fingerprint density at radius 1 is 1.24 bits per heavy atom. The number of nitrogens with two attached hydrogens (primary N) is 1. The predicted molar refractivity (Wildman–Crippen MR) is 80.6 cm³/mol. The molecule has 108 valence electrons. The number of anilines is 1. The van der Waals surface area contributed by atoms with Gasteiger partial charge in [0.2, 0.25) is 0 Å². The zero-order valence-corrected chi connectivity index (χ0v) is 11.7. The van der Waals surface area contributed by atoms with Crippen molar-refractivity contribution in [3.8, 4) is 5.75 Å². The quantitative estimate of drug-likeness (QED) is 0.748. The summed E-state index contributed by atoms with van der Waals surface area (Å²) in [5.41, 5.74) is 7.47. The van der Waals surface area contributed by atoms with Crippen LogP contribution in [0.25, 0.3) is 10.9 Å². The summed E-state index contributed by atoms with van der Waals surface area (Å²) in [7, 11) is 0. The number of aryl methyl sites for hydroxylation is 1. The highest BCUT2D eigenvalue weighted by atomic mass is 19.1. The maximum absolute atomic E-state index is 13.4. The third-order valence-corrected chi connectivity index (χ3v) is 3.38. The number of hydrogen-bond donors (Lipinski definition) is 1. The van der Waals surface area contributed by atoms with Crippen molar-refractivity contribution in [2.75, 3.05) is 5.73 Å². The van der Waals surface area contributed by atoms with Crippen LogP contribution in [0.1, 0.15) is 12.6 Å². The Morgan fingerprint density at radius 2 is 2.05 bits per heavy atom. The molecule has 0 atom stereocenters. The summed E-state index contributed by atoms with van der Waals surface area (Å²) in [5.74, 6) is -0.0340. The number of halogens is 1. The molecule has 0 aliphatic heterocycles. The van der Waals surface area contributed by atoms with Gasteiger partial charge in [0.1, 0.15) is 23.9 Å². The fraction of sp³-hybridized carbons (Fsp3) is 0.188. The number of fused-ring (bicyclic) bond motifs is 1. The van der Waals surface area contributed by atoms with E-state index >= 15 is 0 Å². The lowest BCUT2D eigenvalue weighted by Gasteiger charge is -2.05. The molecule has 0 aliphatic rings. The smallest absolute Gasteiger partial charge is 0.149 e. The molecule has 1 aromatic heterocycles. The van der Waals surface area contributed by atoms with Gasteiger partial charge in [-0.25, -0.2) is 4.39 Å². The Morgan fingerprint density at radius 3 is 2.81 bits per heavy atom. The van der Waals surface area contributed by atoms with Crippen molar-refractivity contribution >= 4 is 16.6 Å². The molecule has 1 heterocycles. The van der Waals surface area contributed by atoms with Crippen LogP contribution in [0.5, 0.6) is 5.75 Å². The SMILES string of the molecule is CCn1nc(COc2ccc(N)c(F)c2)c2ccccc21. The van der Waals surface area contributed by atoms with E-state index in [0.29, 0.717) is 5.75 Å². The molecule has 0 saturated heterocycles. The number of benzene rings is 2. The van der Waals surface area contributed by atoms with Gasteiger partial charge in [-0.3, -0.25) is 4.68 Å². The first-order chi connectivity index (χ1) is 10.2. The topological polar surface area (TPSA) is 53.1 Å². The van der Waals surface area contributed by atoms with Crippen LogP contribution < -0.4 is 10.5 Å². The van der Waals surface area contributed by atoms with Gasteiger partial charge in [0.15, 0.2) is 0 Å². The number of aromatic nitrogens is 2. The van der Waals surface area contributed by atoms with Crippen LogP contribution in [0, 0.1) is 5.82 Å². The first-order valence-electron chi connectivity index (χ1n) is 6.81. The van der Waals surface area contributed by atoms with Crippen molar-refractivity contribution in [3.05, 3.63) is 54.0 Å². The number of nitrogens with zero attached hydrogens (tertiary/aromatic N) is 2. The van der Waals surface area contributed by atoms with Gasteiger partial charge in [-0.1, -0.05) is 18.2 Å². The molecule has 5 heteroatoms. The van der Waals surface area contributed by atoms with Gasteiger partial charge in [0, 0.05) is 18.0 Å². The second-order valence-electron chi connectivity index (χ2n) is 4.75. The van der Waals surface area contributed by atoms with Crippen molar-refractivity contribution < 1.29 is 9.13 Å². The van der Waals surface area contributed by atoms with Crippen LogP contribution in [-0.4, -0.2) is 9.78 Å². The average molecular weight is 285 g/mol. The van der Waals surface area contributed by atoms with Gasteiger partial charge in [0.05, 0.1) is 11.2 Å². The van der Waals surface area contributed by atoms with E-state index in [1.54, 1.807) is 6.07 Å². The van der Waals surface area contributed by atoms with Crippen LogP contribution in [0.15, 0.2) is 42.5 Å². The van der Waals surface area contributed by atoms with E-state index in [0.717, 1.165) is 23.1 Å². The molecule has 0 amide bonds. The first kappa shape index (κ1) is 13.4. The Hall–Kier alpha value is -2.56. The summed E-state index contributed by atoms with van der Waals surface area (Å²) in [6, 6.07) is 12.4. The van der Waals surface area contributed by atoms with Crippen molar-refractivity contribution in [2.45, 2.75) is 20.1 Å². The van der Waals surface area contributed by atoms with Crippen molar-refractivity contribution in [3.63, 3.8) is 0 Å². The number of nitrogen functional groups attached to an aromatic ring is 1. The van der Waals surface area contributed by atoms with E-state index in [9.17, 15) is 4.39 Å². The molecular formula is C16H16FN3O.